The smallest absolute Gasteiger partial charge is 0.225 e. The maximum Gasteiger partial charge on any atom is 0.225 e. The van der Waals surface area contributed by atoms with Gasteiger partial charge in [0.05, 0.1) is 5.39 Å². The van der Waals surface area contributed by atoms with Crippen LogP contribution in [0.25, 0.3) is 21.3 Å². The van der Waals surface area contributed by atoms with E-state index in [4.69, 9.17) is 11.6 Å². The molecule has 5 heteroatoms. The topological polar surface area (TPSA) is 37.8 Å². The van der Waals surface area contributed by atoms with Crippen LogP contribution in [0.5, 0.6) is 0 Å². The van der Waals surface area contributed by atoms with Crippen LogP contribution in [0.15, 0.2) is 24.3 Å². The summed E-state index contributed by atoms with van der Waals surface area (Å²) in [6, 6.07) is 8.81. The molecule has 0 bridgehead atoms. The minimum atomic E-state index is 0.285. The molecule has 0 spiro atoms. The number of benzene rings is 1. The van der Waals surface area contributed by atoms with E-state index >= 15 is 0 Å². The first kappa shape index (κ1) is 16.2. The lowest BCUT2D eigenvalue weighted by atomic mass is 9.97. The van der Waals surface area contributed by atoms with E-state index in [0.29, 0.717) is 5.92 Å². The minimum Gasteiger partial charge on any atom is -0.372 e. The van der Waals surface area contributed by atoms with Gasteiger partial charge in [-0.3, -0.25) is 0 Å². The summed E-state index contributed by atoms with van der Waals surface area (Å²) in [7, 11) is 1.87. The molecule has 0 atom stereocenters. The molecule has 0 aliphatic heterocycles. The molecule has 1 aromatic carbocycles. The zero-order valence-corrected chi connectivity index (χ0v) is 15.3. The quantitative estimate of drug-likeness (QED) is 0.613. The summed E-state index contributed by atoms with van der Waals surface area (Å²) in [4.78, 5) is 11.0. The molecule has 0 amide bonds. The highest BCUT2D eigenvalue weighted by Crippen LogP contribution is 2.42. The SMILES string of the molecule is CCc1sc2nc(Cl)nc(NC)c2c1-c1ccc(C(C)C)cc1. The first-order valence-corrected chi connectivity index (χ1v) is 9.01. The van der Waals surface area contributed by atoms with Crippen LogP contribution in [0.4, 0.5) is 5.82 Å². The standard InChI is InChI=1S/C18H20ClN3S/c1-5-13-14(12-8-6-11(7-9-12)10(2)3)15-16(20-4)21-18(19)22-17(15)23-13/h6-10H,5H2,1-4H3,(H,20,21,22). The summed E-state index contributed by atoms with van der Waals surface area (Å²) in [5, 5.41) is 4.51. The predicted octanol–water partition coefficient (Wildman–Crippen LogP) is 5.74. The first-order valence-electron chi connectivity index (χ1n) is 7.82. The van der Waals surface area contributed by atoms with Gasteiger partial charge in [-0.25, -0.2) is 9.97 Å². The number of halogens is 1. The molecule has 1 N–H and O–H groups in total. The van der Waals surface area contributed by atoms with Crippen LogP contribution in [0, 0.1) is 0 Å². The summed E-state index contributed by atoms with van der Waals surface area (Å²) >= 11 is 7.75. The third-order valence-corrected chi connectivity index (χ3v) is 5.42. The molecular weight excluding hydrogens is 326 g/mol. The van der Waals surface area contributed by atoms with E-state index in [2.05, 4.69) is 60.3 Å². The number of thiophene rings is 1. The lowest BCUT2D eigenvalue weighted by molar-refractivity contribution is 0.867. The van der Waals surface area contributed by atoms with Gasteiger partial charge in [-0.15, -0.1) is 11.3 Å². The zero-order chi connectivity index (χ0) is 16.6. The monoisotopic (exact) mass is 345 g/mol. The van der Waals surface area contributed by atoms with E-state index in [1.165, 1.54) is 21.6 Å². The van der Waals surface area contributed by atoms with Gasteiger partial charge in [-0.2, -0.15) is 0 Å². The van der Waals surface area contributed by atoms with Crippen LogP contribution >= 0.6 is 22.9 Å². The van der Waals surface area contributed by atoms with Gasteiger partial charge in [0.2, 0.25) is 5.28 Å². The summed E-state index contributed by atoms with van der Waals surface area (Å²) in [5.74, 6) is 1.32. The molecule has 3 nitrogen and oxygen atoms in total. The Morgan fingerprint density at radius 3 is 2.43 bits per heavy atom. The Kier molecular flexibility index (Phi) is 4.55. The Hall–Kier alpha value is -1.65. The summed E-state index contributed by atoms with van der Waals surface area (Å²) < 4.78 is 0. The van der Waals surface area contributed by atoms with Gasteiger partial charge in [0.25, 0.3) is 0 Å². The number of hydrogen-bond acceptors (Lipinski definition) is 4. The fourth-order valence-electron chi connectivity index (χ4n) is 2.79. The van der Waals surface area contributed by atoms with Gasteiger partial charge in [-0.05, 0) is 35.1 Å². The van der Waals surface area contributed by atoms with Crippen LogP contribution < -0.4 is 5.32 Å². The van der Waals surface area contributed by atoms with Crippen molar-refractivity contribution in [1.82, 2.24) is 9.97 Å². The van der Waals surface area contributed by atoms with Crippen LogP contribution in [0.1, 0.15) is 37.1 Å². The van der Waals surface area contributed by atoms with Crippen molar-refractivity contribution in [2.24, 2.45) is 0 Å². The van der Waals surface area contributed by atoms with Crippen molar-refractivity contribution < 1.29 is 0 Å². The van der Waals surface area contributed by atoms with E-state index in [0.717, 1.165) is 22.5 Å². The van der Waals surface area contributed by atoms with E-state index in [9.17, 15) is 0 Å². The van der Waals surface area contributed by atoms with Crippen LogP contribution in [0.3, 0.4) is 0 Å². The molecule has 0 unspecified atom stereocenters. The summed E-state index contributed by atoms with van der Waals surface area (Å²) in [5.41, 5.74) is 3.78. The molecule has 0 aliphatic rings. The van der Waals surface area contributed by atoms with Gasteiger partial charge in [0.15, 0.2) is 0 Å². The number of aryl methyl sites for hydroxylation is 1. The van der Waals surface area contributed by atoms with Crippen LogP contribution in [-0.2, 0) is 6.42 Å². The normalized spacial score (nSPS) is 11.4. The Morgan fingerprint density at radius 1 is 1.17 bits per heavy atom. The second-order valence-corrected chi connectivity index (χ2v) is 7.22. The zero-order valence-electron chi connectivity index (χ0n) is 13.8. The van der Waals surface area contributed by atoms with E-state index < -0.39 is 0 Å². The van der Waals surface area contributed by atoms with Crippen molar-refractivity contribution in [3.63, 3.8) is 0 Å². The van der Waals surface area contributed by atoms with E-state index in [-0.39, 0.29) is 5.28 Å². The average molecular weight is 346 g/mol. The summed E-state index contributed by atoms with van der Waals surface area (Å²) in [6.45, 7) is 6.59. The van der Waals surface area contributed by atoms with Gasteiger partial charge in [-0.1, -0.05) is 45.0 Å². The molecule has 23 heavy (non-hydrogen) atoms. The lowest BCUT2D eigenvalue weighted by Crippen LogP contribution is -1.96. The number of fused-ring (bicyclic) bond motifs is 1. The summed E-state index contributed by atoms with van der Waals surface area (Å²) in [6.07, 6.45) is 0.961. The van der Waals surface area contributed by atoms with Crippen molar-refractivity contribution in [3.8, 4) is 11.1 Å². The highest BCUT2D eigenvalue weighted by Gasteiger charge is 2.18. The Morgan fingerprint density at radius 2 is 1.87 bits per heavy atom. The molecular formula is C18H20ClN3S. The molecule has 3 aromatic rings. The number of aromatic nitrogens is 2. The molecule has 0 radical (unpaired) electrons. The number of nitrogens with zero attached hydrogens (tertiary/aromatic N) is 2. The third-order valence-electron chi connectivity index (χ3n) is 4.02. The minimum absolute atomic E-state index is 0.285. The van der Waals surface area contributed by atoms with Gasteiger partial charge in [0.1, 0.15) is 10.6 Å². The van der Waals surface area contributed by atoms with Crippen molar-refractivity contribution in [3.05, 3.63) is 40.0 Å². The third kappa shape index (κ3) is 2.93. The molecule has 0 fully saturated rings. The number of anilines is 1. The highest BCUT2D eigenvalue weighted by molar-refractivity contribution is 7.19. The van der Waals surface area contributed by atoms with Crippen LogP contribution in [0.2, 0.25) is 5.28 Å². The van der Waals surface area contributed by atoms with Crippen molar-refractivity contribution in [2.75, 3.05) is 12.4 Å². The predicted molar refractivity (Wildman–Crippen MR) is 101 cm³/mol. The lowest BCUT2D eigenvalue weighted by Gasteiger charge is -2.09. The fourth-order valence-corrected chi connectivity index (χ4v) is 4.14. The molecule has 0 saturated heterocycles. The highest BCUT2D eigenvalue weighted by atomic mass is 35.5. The van der Waals surface area contributed by atoms with Crippen LogP contribution in [-0.4, -0.2) is 17.0 Å². The Bertz CT molecular complexity index is 838. The number of rotatable bonds is 4. The maximum atomic E-state index is 6.05. The fraction of sp³-hybridized carbons (Fsp3) is 0.333. The van der Waals surface area contributed by atoms with Crippen molar-refractivity contribution >= 4 is 39.0 Å². The van der Waals surface area contributed by atoms with Crippen molar-refractivity contribution in [2.45, 2.75) is 33.1 Å². The van der Waals surface area contributed by atoms with Gasteiger partial charge >= 0.3 is 0 Å². The molecule has 3 rings (SSSR count). The molecule has 2 aromatic heterocycles. The average Bonchev–Trinajstić information content (AvgIpc) is 2.92. The van der Waals surface area contributed by atoms with E-state index in [1.54, 1.807) is 11.3 Å². The van der Waals surface area contributed by atoms with E-state index in [1.807, 2.05) is 7.05 Å². The molecule has 0 saturated carbocycles. The molecule has 2 heterocycles. The Labute approximate surface area is 145 Å². The second-order valence-electron chi connectivity index (χ2n) is 5.80. The molecule has 0 aliphatic carbocycles. The van der Waals surface area contributed by atoms with Gasteiger partial charge < -0.3 is 5.32 Å². The molecule has 120 valence electrons. The maximum absolute atomic E-state index is 6.05. The largest absolute Gasteiger partial charge is 0.372 e. The first-order chi connectivity index (χ1) is 11.0. The number of nitrogens with one attached hydrogen (secondary N) is 1. The number of hydrogen-bond donors (Lipinski definition) is 1. The van der Waals surface area contributed by atoms with Gasteiger partial charge in [0, 0.05) is 17.5 Å². The van der Waals surface area contributed by atoms with Crippen molar-refractivity contribution in [1.29, 1.82) is 0 Å². The Balaban J connectivity index is 2.26. The second kappa shape index (κ2) is 6.46.